The third-order valence-corrected chi connectivity index (χ3v) is 6.37. The second-order valence-electron chi connectivity index (χ2n) is 8.85. The van der Waals surface area contributed by atoms with E-state index in [-0.39, 0.29) is 47.0 Å². The van der Waals surface area contributed by atoms with Crippen LogP contribution in [0.3, 0.4) is 0 Å². The Morgan fingerprint density at radius 1 is 1.33 bits per heavy atom. The molecule has 2 fully saturated rings. The lowest BCUT2D eigenvalue weighted by molar-refractivity contribution is -0.118. The van der Waals surface area contributed by atoms with E-state index in [9.17, 15) is 19.5 Å². The lowest BCUT2D eigenvalue weighted by Crippen LogP contribution is -2.48. The van der Waals surface area contributed by atoms with Crippen molar-refractivity contribution in [2.24, 2.45) is 0 Å². The number of morpholine rings is 1. The van der Waals surface area contributed by atoms with Crippen molar-refractivity contribution in [3.05, 3.63) is 29.5 Å². The molecular weight excluding hydrogens is 472 g/mol. The highest BCUT2D eigenvalue weighted by Gasteiger charge is 2.33. The number of H-pyrrole nitrogens is 1. The molecule has 3 atom stereocenters. The van der Waals surface area contributed by atoms with E-state index in [2.05, 4.69) is 15.5 Å². The summed E-state index contributed by atoms with van der Waals surface area (Å²) in [5.74, 6) is -0.0514. The first-order valence-corrected chi connectivity index (χ1v) is 11.8. The summed E-state index contributed by atoms with van der Waals surface area (Å²) < 4.78 is 21.6. The molecule has 12 heteroatoms. The number of hydrogen-bond acceptors (Lipinski definition) is 9. The predicted molar refractivity (Wildman–Crippen MR) is 127 cm³/mol. The van der Waals surface area contributed by atoms with Crippen LogP contribution in [-0.2, 0) is 14.3 Å². The Labute approximate surface area is 207 Å². The van der Waals surface area contributed by atoms with Crippen LogP contribution in [0.25, 0.3) is 0 Å². The predicted octanol–water partition coefficient (Wildman–Crippen LogP) is 2.45. The van der Waals surface area contributed by atoms with Gasteiger partial charge in [-0.25, -0.2) is 4.79 Å². The topological polar surface area (TPSA) is 152 Å². The van der Waals surface area contributed by atoms with Gasteiger partial charge in [-0.2, -0.15) is 5.10 Å². The van der Waals surface area contributed by atoms with E-state index in [1.807, 2.05) is 6.92 Å². The summed E-state index contributed by atoms with van der Waals surface area (Å²) in [5.41, 5.74) is 0.760. The average molecular weight is 503 g/mol. The van der Waals surface area contributed by atoms with Crippen LogP contribution in [0.2, 0.25) is 0 Å². The zero-order valence-electron chi connectivity index (χ0n) is 20.2. The minimum Gasteiger partial charge on any atom is -0.507 e. The quantitative estimate of drug-likeness (QED) is 0.462. The first-order chi connectivity index (χ1) is 17.4. The maximum atomic E-state index is 12.5. The molecular formula is C24H30N4O8. The number of carbonyl (C=O) groups is 3. The van der Waals surface area contributed by atoms with Gasteiger partial charge in [0.25, 0.3) is 5.91 Å². The molecule has 1 aliphatic carbocycles. The Bertz CT molecular complexity index is 1100. The van der Waals surface area contributed by atoms with Gasteiger partial charge in [0.2, 0.25) is 0 Å². The molecule has 1 saturated heterocycles. The SMILES string of the molecule is COc1cc(O)c(C=O)c(OCC(=O)Nc2cc([C@H]3CC[C@@H](OC(=O)N4CCOC[C@H]4C)C3)[nH]n2)c1. The summed E-state index contributed by atoms with van der Waals surface area (Å²) in [7, 11) is 1.40. The maximum absolute atomic E-state index is 12.5. The number of rotatable bonds is 8. The molecule has 1 aliphatic heterocycles. The van der Waals surface area contributed by atoms with Crippen molar-refractivity contribution < 1.29 is 38.4 Å². The van der Waals surface area contributed by atoms with Crippen molar-refractivity contribution in [3.63, 3.8) is 0 Å². The van der Waals surface area contributed by atoms with Gasteiger partial charge in [-0.15, -0.1) is 0 Å². The summed E-state index contributed by atoms with van der Waals surface area (Å²) in [4.78, 5) is 37.8. The van der Waals surface area contributed by atoms with Crippen molar-refractivity contribution in [2.75, 3.05) is 38.8 Å². The minimum absolute atomic E-state index is 0.00848. The van der Waals surface area contributed by atoms with Crippen LogP contribution in [0, 0.1) is 0 Å². The molecule has 2 aromatic rings. The second kappa shape index (κ2) is 11.3. The van der Waals surface area contributed by atoms with Crippen LogP contribution in [0.15, 0.2) is 18.2 Å². The number of aromatic hydroxyl groups is 1. The van der Waals surface area contributed by atoms with Gasteiger partial charge in [0, 0.05) is 36.4 Å². The largest absolute Gasteiger partial charge is 0.507 e. The number of carbonyl (C=O) groups excluding carboxylic acids is 3. The number of benzene rings is 1. The van der Waals surface area contributed by atoms with Crippen LogP contribution in [0.5, 0.6) is 17.2 Å². The highest BCUT2D eigenvalue weighted by molar-refractivity contribution is 5.91. The highest BCUT2D eigenvalue weighted by atomic mass is 16.6. The van der Waals surface area contributed by atoms with Gasteiger partial charge in [-0.1, -0.05) is 0 Å². The van der Waals surface area contributed by atoms with Gasteiger partial charge in [-0.05, 0) is 26.2 Å². The van der Waals surface area contributed by atoms with E-state index < -0.39 is 12.5 Å². The average Bonchev–Trinajstić information content (AvgIpc) is 3.52. The molecule has 1 aromatic heterocycles. The summed E-state index contributed by atoms with van der Waals surface area (Å²) in [6.45, 7) is 3.08. The zero-order valence-corrected chi connectivity index (χ0v) is 20.2. The summed E-state index contributed by atoms with van der Waals surface area (Å²) >= 11 is 0. The molecule has 1 saturated carbocycles. The fraction of sp³-hybridized carbons (Fsp3) is 0.500. The van der Waals surface area contributed by atoms with Gasteiger partial charge in [0.1, 0.15) is 23.4 Å². The Hall–Kier alpha value is -3.80. The van der Waals surface area contributed by atoms with Crippen LogP contribution < -0.4 is 14.8 Å². The normalized spacial score (nSPS) is 21.6. The number of phenols is 1. The van der Waals surface area contributed by atoms with Crippen LogP contribution in [0.4, 0.5) is 10.6 Å². The van der Waals surface area contributed by atoms with Crippen molar-refractivity contribution in [2.45, 2.75) is 44.2 Å². The summed E-state index contributed by atoms with van der Waals surface area (Å²) in [6, 6.07) is 4.42. The maximum Gasteiger partial charge on any atom is 0.410 e. The molecule has 4 rings (SSSR count). The van der Waals surface area contributed by atoms with Crippen molar-refractivity contribution in [1.29, 1.82) is 0 Å². The number of aldehydes is 1. The van der Waals surface area contributed by atoms with E-state index in [1.165, 1.54) is 19.2 Å². The molecule has 36 heavy (non-hydrogen) atoms. The van der Waals surface area contributed by atoms with Gasteiger partial charge < -0.3 is 34.3 Å². The van der Waals surface area contributed by atoms with E-state index in [0.29, 0.717) is 38.3 Å². The molecule has 3 N–H and O–H groups in total. The molecule has 2 amide bonds. The number of aromatic nitrogens is 2. The first kappa shape index (κ1) is 25.3. The Morgan fingerprint density at radius 3 is 2.92 bits per heavy atom. The number of anilines is 1. The summed E-state index contributed by atoms with van der Waals surface area (Å²) in [5, 5.41) is 19.6. The van der Waals surface area contributed by atoms with Crippen molar-refractivity contribution in [3.8, 4) is 17.2 Å². The summed E-state index contributed by atoms with van der Waals surface area (Å²) in [6.07, 6.45) is 2.18. The third kappa shape index (κ3) is 5.88. The van der Waals surface area contributed by atoms with Gasteiger partial charge in [0.15, 0.2) is 18.7 Å². The third-order valence-electron chi connectivity index (χ3n) is 6.37. The fourth-order valence-corrected chi connectivity index (χ4v) is 4.41. The van der Waals surface area contributed by atoms with Gasteiger partial charge in [-0.3, -0.25) is 14.7 Å². The van der Waals surface area contributed by atoms with E-state index in [1.54, 1.807) is 11.0 Å². The Balaban J connectivity index is 1.27. The van der Waals surface area contributed by atoms with Crippen LogP contribution in [0.1, 0.15) is 48.2 Å². The number of ether oxygens (including phenoxy) is 4. The molecule has 0 unspecified atom stereocenters. The second-order valence-corrected chi connectivity index (χ2v) is 8.85. The monoisotopic (exact) mass is 502 g/mol. The number of aromatic amines is 1. The number of phenolic OH excluding ortho intramolecular Hbond substituents is 1. The van der Waals surface area contributed by atoms with E-state index in [4.69, 9.17) is 18.9 Å². The number of nitrogens with zero attached hydrogens (tertiary/aromatic N) is 2. The van der Waals surface area contributed by atoms with Crippen molar-refractivity contribution >= 4 is 24.1 Å². The number of amides is 2. The number of hydrogen-bond donors (Lipinski definition) is 3. The molecule has 194 valence electrons. The number of methoxy groups -OCH3 is 1. The van der Waals surface area contributed by atoms with Gasteiger partial charge >= 0.3 is 6.09 Å². The molecule has 0 bridgehead atoms. The van der Waals surface area contributed by atoms with E-state index in [0.717, 1.165) is 18.5 Å². The van der Waals surface area contributed by atoms with E-state index >= 15 is 0 Å². The lowest BCUT2D eigenvalue weighted by Gasteiger charge is -2.33. The molecule has 2 heterocycles. The van der Waals surface area contributed by atoms with Gasteiger partial charge in [0.05, 0.1) is 31.9 Å². The Kier molecular flexibility index (Phi) is 7.93. The zero-order chi connectivity index (χ0) is 25.7. The first-order valence-electron chi connectivity index (χ1n) is 11.8. The smallest absolute Gasteiger partial charge is 0.410 e. The molecule has 0 spiro atoms. The number of nitrogens with one attached hydrogen (secondary N) is 2. The van der Waals surface area contributed by atoms with Crippen LogP contribution >= 0.6 is 0 Å². The minimum atomic E-state index is -0.495. The Morgan fingerprint density at radius 2 is 2.17 bits per heavy atom. The molecule has 12 nitrogen and oxygen atoms in total. The van der Waals surface area contributed by atoms with Crippen LogP contribution in [-0.4, -0.2) is 84.1 Å². The standard InChI is InChI=1S/C24H30N4O8/c1-14-12-34-6-5-28(14)24(32)36-16-4-3-15(7-16)19-10-22(27-26-19)25-23(31)13-35-21-9-17(33-2)8-20(30)18(21)11-29/h8-11,14-16,30H,3-7,12-13H2,1-2H3,(H2,25,26,27,31)/t14-,15+,16-/m1/s1. The highest BCUT2D eigenvalue weighted by Crippen LogP contribution is 2.36. The van der Waals surface area contributed by atoms with Crippen molar-refractivity contribution in [1.82, 2.24) is 15.1 Å². The fourth-order valence-electron chi connectivity index (χ4n) is 4.41. The molecule has 2 aliphatic rings. The molecule has 1 aromatic carbocycles. The molecule has 0 radical (unpaired) electrons. The lowest BCUT2D eigenvalue weighted by atomic mass is 10.0.